The van der Waals surface area contributed by atoms with Crippen LogP contribution in [-0.2, 0) is 0 Å². The maximum absolute atomic E-state index is 12.1. The second kappa shape index (κ2) is 15.9. The summed E-state index contributed by atoms with van der Waals surface area (Å²) in [7, 11) is 0. The van der Waals surface area contributed by atoms with Crippen molar-refractivity contribution in [3.63, 3.8) is 0 Å². The smallest absolute Gasteiger partial charge is 0.128 e. The highest BCUT2D eigenvalue weighted by atomic mass is 32.2. The SMILES string of the molecule is Cc1cc(-c2cccc3ccccc23)c(O)c(C(SCCSC(c2ccccc2)c2cc(C)cc(-c3cccc4ccccc34)c2O)c2ccccc2)c1. The second-order valence-corrected chi connectivity index (χ2v) is 16.3. The fourth-order valence-corrected chi connectivity index (χ4v) is 10.3. The van der Waals surface area contributed by atoms with Crippen LogP contribution in [0.1, 0.15) is 43.9 Å². The molecule has 2 atom stereocenters. The molecule has 0 aliphatic heterocycles. The third-order valence-corrected chi connectivity index (χ3v) is 13.0. The highest BCUT2D eigenvalue weighted by Crippen LogP contribution is 2.48. The van der Waals surface area contributed by atoms with Crippen molar-refractivity contribution < 1.29 is 10.2 Å². The number of rotatable bonds is 11. The van der Waals surface area contributed by atoms with Gasteiger partial charge in [-0.3, -0.25) is 0 Å². The average Bonchev–Trinajstić information content (AvgIpc) is 3.21. The Labute approximate surface area is 326 Å². The normalized spacial score (nSPS) is 12.6. The van der Waals surface area contributed by atoms with E-state index in [9.17, 15) is 10.2 Å². The van der Waals surface area contributed by atoms with E-state index in [2.05, 4.69) is 172 Å². The minimum atomic E-state index is -0.0686. The number of phenolic OH excluding ortho intramolecular Hbond substituents is 2. The van der Waals surface area contributed by atoms with Gasteiger partial charge in [-0.1, -0.05) is 158 Å². The molecule has 266 valence electrons. The summed E-state index contributed by atoms with van der Waals surface area (Å²) in [6, 6.07) is 58.9. The molecule has 0 aromatic heterocycles. The standard InChI is InChI=1S/C50H42O2S2/c1-33-29-43(41-25-13-21-35-15-9-11-23-39(35)41)47(51)45(31-33)49(37-17-5-3-6-18-37)53-27-28-54-50(38-19-7-4-8-20-38)46-32-34(2)30-44(48(46)52)42-26-14-22-36-16-10-12-24-40(36)42/h3-26,29-32,49-52H,27-28H2,1-2H3. The molecule has 4 heteroatoms. The van der Waals surface area contributed by atoms with Gasteiger partial charge in [0.05, 0.1) is 10.5 Å². The van der Waals surface area contributed by atoms with E-state index in [1.165, 1.54) is 0 Å². The van der Waals surface area contributed by atoms with Crippen LogP contribution in [0.3, 0.4) is 0 Å². The monoisotopic (exact) mass is 738 g/mol. The Morgan fingerprint density at radius 1 is 0.407 bits per heavy atom. The van der Waals surface area contributed by atoms with E-state index >= 15 is 0 Å². The predicted molar refractivity (Wildman–Crippen MR) is 233 cm³/mol. The molecule has 0 bridgehead atoms. The zero-order valence-electron chi connectivity index (χ0n) is 30.4. The number of phenols is 2. The van der Waals surface area contributed by atoms with Gasteiger partial charge in [0.2, 0.25) is 0 Å². The number of hydrogen-bond donors (Lipinski definition) is 2. The third-order valence-electron chi connectivity index (χ3n) is 10.1. The van der Waals surface area contributed by atoms with Crippen molar-refractivity contribution >= 4 is 45.1 Å². The number of hydrogen-bond acceptors (Lipinski definition) is 4. The maximum Gasteiger partial charge on any atom is 0.128 e. The molecule has 0 radical (unpaired) electrons. The highest BCUT2D eigenvalue weighted by Gasteiger charge is 2.25. The number of fused-ring (bicyclic) bond motifs is 2. The van der Waals surface area contributed by atoms with E-state index in [1.54, 1.807) is 0 Å². The Bertz CT molecular complexity index is 2370. The summed E-state index contributed by atoms with van der Waals surface area (Å²) in [6.07, 6.45) is 0. The van der Waals surface area contributed by atoms with Gasteiger partial charge in [-0.25, -0.2) is 0 Å². The van der Waals surface area contributed by atoms with Gasteiger partial charge in [-0.05, 0) is 80.9 Å². The van der Waals surface area contributed by atoms with Gasteiger partial charge in [0, 0.05) is 33.8 Å². The molecule has 2 N–H and O–H groups in total. The molecule has 2 nitrogen and oxygen atoms in total. The highest BCUT2D eigenvalue weighted by molar-refractivity contribution is 8.03. The molecule has 0 spiro atoms. The van der Waals surface area contributed by atoms with Crippen LogP contribution >= 0.6 is 23.5 Å². The molecule has 0 fully saturated rings. The van der Waals surface area contributed by atoms with Crippen LogP contribution in [0.4, 0.5) is 0 Å². The zero-order valence-corrected chi connectivity index (χ0v) is 32.1. The van der Waals surface area contributed by atoms with Crippen molar-refractivity contribution in [1.29, 1.82) is 0 Å². The van der Waals surface area contributed by atoms with Crippen molar-refractivity contribution in [2.24, 2.45) is 0 Å². The molecule has 0 amide bonds. The molecule has 0 saturated heterocycles. The van der Waals surface area contributed by atoms with Crippen LogP contribution in [0.2, 0.25) is 0 Å². The van der Waals surface area contributed by atoms with Crippen molar-refractivity contribution in [2.75, 3.05) is 11.5 Å². The van der Waals surface area contributed by atoms with E-state index in [1.807, 2.05) is 35.7 Å². The van der Waals surface area contributed by atoms with Crippen LogP contribution in [0.5, 0.6) is 11.5 Å². The molecular weight excluding hydrogens is 697 g/mol. The molecule has 8 rings (SSSR count). The van der Waals surface area contributed by atoms with Crippen LogP contribution in [-0.4, -0.2) is 21.7 Å². The van der Waals surface area contributed by atoms with Crippen LogP contribution in [0, 0.1) is 13.8 Å². The van der Waals surface area contributed by atoms with Gasteiger partial charge in [0.1, 0.15) is 11.5 Å². The van der Waals surface area contributed by atoms with E-state index in [0.717, 1.165) is 88.7 Å². The number of aromatic hydroxyl groups is 2. The second-order valence-electron chi connectivity index (χ2n) is 13.9. The lowest BCUT2D eigenvalue weighted by atomic mass is 9.92. The Balaban J connectivity index is 1.12. The van der Waals surface area contributed by atoms with E-state index in [0.29, 0.717) is 11.5 Å². The molecule has 0 saturated carbocycles. The topological polar surface area (TPSA) is 40.5 Å². The number of benzene rings is 8. The summed E-state index contributed by atoms with van der Waals surface area (Å²) in [4.78, 5) is 0. The van der Waals surface area contributed by atoms with Crippen molar-refractivity contribution in [1.82, 2.24) is 0 Å². The van der Waals surface area contributed by atoms with Crippen molar-refractivity contribution in [2.45, 2.75) is 24.3 Å². The Kier molecular flexibility index (Phi) is 10.5. The van der Waals surface area contributed by atoms with E-state index in [-0.39, 0.29) is 10.5 Å². The summed E-state index contributed by atoms with van der Waals surface area (Å²) >= 11 is 3.71. The van der Waals surface area contributed by atoms with E-state index in [4.69, 9.17) is 0 Å². The lowest BCUT2D eigenvalue weighted by Gasteiger charge is -2.24. The van der Waals surface area contributed by atoms with Gasteiger partial charge in [0.15, 0.2) is 0 Å². The lowest BCUT2D eigenvalue weighted by Crippen LogP contribution is -2.04. The van der Waals surface area contributed by atoms with Gasteiger partial charge < -0.3 is 10.2 Å². The first kappa shape index (κ1) is 35.6. The zero-order chi connectivity index (χ0) is 37.0. The number of aryl methyl sites for hydroxylation is 2. The molecule has 54 heavy (non-hydrogen) atoms. The summed E-state index contributed by atoms with van der Waals surface area (Å²) in [5.74, 6) is 2.35. The first-order chi connectivity index (χ1) is 26.5. The quantitative estimate of drug-likeness (QED) is 0.130. The summed E-state index contributed by atoms with van der Waals surface area (Å²) in [6.45, 7) is 4.23. The fraction of sp³-hybridized carbons (Fsp3) is 0.120. The Morgan fingerprint density at radius 3 is 1.20 bits per heavy atom. The fourth-order valence-electron chi connectivity index (χ4n) is 7.66. The van der Waals surface area contributed by atoms with Gasteiger partial charge in [0.25, 0.3) is 0 Å². The molecule has 8 aromatic carbocycles. The summed E-state index contributed by atoms with van der Waals surface area (Å²) < 4.78 is 0. The van der Waals surface area contributed by atoms with Crippen molar-refractivity contribution in [3.8, 4) is 33.8 Å². The Hall–Kier alpha value is -5.42. The minimum absolute atomic E-state index is 0.0686. The molecule has 0 aliphatic rings. The largest absolute Gasteiger partial charge is 0.507 e. The summed E-state index contributed by atoms with van der Waals surface area (Å²) in [5.41, 5.74) is 10.2. The van der Waals surface area contributed by atoms with Crippen LogP contribution < -0.4 is 0 Å². The molecular formula is C50H42O2S2. The first-order valence-corrected chi connectivity index (χ1v) is 20.5. The summed E-state index contributed by atoms with van der Waals surface area (Å²) in [5, 5.41) is 28.6. The first-order valence-electron chi connectivity index (χ1n) is 18.4. The lowest BCUT2D eigenvalue weighted by molar-refractivity contribution is 0.470. The van der Waals surface area contributed by atoms with Crippen LogP contribution in [0.25, 0.3) is 43.8 Å². The third kappa shape index (κ3) is 7.24. The molecule has 8 aromatic rings. The molecule has 0 heterocycles. The number of thioether (sulfide) groups is 2. The van der Waals surface area contributed by atoms with Gasteiger partial charge in [-0.2, -0.15) is 0 Å². The molecule has 2 unspecified atom stereocenters. The van der Waals surface area contributed by atoms with Gasteiger partial charge in [-0.15, -0.1) is 23.5 Å². The van der Waals surface area contributed by atoms with Crippen molar-refractivity contribution in [3.05, 3.63) is 203 Å². The Morgan fingerprint density at radius 2 is 0.778 bits per heavy atom. The minimum Gasteiger partial charge on any atom is -0.507 e. The maximum atomic E-state index is 12.1. The predicted octanol–water partition coefficient (Wildman–Crippen LogP) is 13.7. The van der Waals surface area contributed by atoms with Gasteiger partial charge >= 0.3 is 0 Å². The van der Waals surface area contributed by atoms with Crippen LogP contribution in [0.15, 0.2) is 170 Å². The van der Waals surface area contributed by atoms with E-state index < -0.39 is 0 Å². The average molecular weight is 739 g/mol. The molecule has 0 aliphatic carbocycles.